The average Bonchev–Trinajstić information content (AvgIpc) is 2.22. The first kappa shape index (κ1) is 17.9. The summed E-state index contributed by atoms with van der Waals surface area (Å²) in [5.41, 5.74) is 0. The molecule has 0 aromatic carbocycles. The summed E-state index contributed by atoms with van der Waals surface area (Å²) in [7, 11) is 5.84. The summed E-state index contributed by atoms with van der Waals surface area (Å²) in [5.74, 6) is -1.38. The van der Waals surface area contributed by atoms with E-state index in [9.17, 15) is 9.59 Å². The minimum atomic E-state index is -0.938. The van der Waals surface area contributed by atoms with Gasteiger partial charge in [0.2, 0.25) is 0 Å². The predicted molar refractivity (Wildman–Crippen MR) is 73.7 cm³/mol. The van der Waals surface area contributed by atoms with Gasteiger partial charge in [-0.2, -0.15) is 0 Å². The number of quaternary nitrogens is 1. The topological polar surface area (TPSA) is 63.6 Å². The number of carboxylic acid groups (broad SMARTS) is 1. The van der Waals surface area contributed by atoms with Crippen molar-refractivity contribution >= 4 is 11.9 Å². The lowest BCUT2D eigenvalue weighted by atomic mass is 10.0. The molecule has 0 aliphatic carbocycles. The van der Waals surface area contributed by atoms with Gasteiger partial charge in [-0.15, -0.1) is 0 Å². The average molecular weight is 274 g/mol. The summed E-state index contributed by atoms with van der Waals surface area (Å²) in [6.45, 7) is 4.41. The van der Waals surface area contributed by atoms with E-state index in [1.165, 1.54) is 0 Å². The van der Waals surface area contributed by atoms with Crippen LogP contribution in [0.3, 0.4) is 0 Å². The Morgan fingerprint density at radius 1 is 1.26 bits per heavy atom. The molecule has 19 heavy (non-hydrogen) atoms. The first-order valence-corrected chi connectivity index (χ1v) is 6.88. The van der Waals surface area contributed by atoms with Crippen molar-refractivity contribution < 1.29 is 23.9 Å². The SMILES string of the molecule is CCCCC(C)C(=O)OC(CC(=O)O)C[N+](C)(C)C. The van der Waals surface area contributed by atoms with Gasteiger partial charge in [-0.25, -0.2) is 0 Å². The molecule has 0 fully saturated rings. The Morgan fingerprint density at radius 2 is 1.84 bits per heavy atom. The molecule has 0 aliphatic heterocycles. The molecule has 5 heteroatoms. The van der Waals surface area contributed by atoms with Crippen molar-refractivity contribution in [3.63, 3.8) is 0 Å². The molecule has 0 saturated heterocycles. The van der Waals surface area contributed by atoms with Crippen LogP contribution in [-0.2, 0) is 14.3 Å². The number of nitrogens with zero attached hydrogens (tertiary/aromatic N) is 1. The second kappa shape index (κ2) is 8.15. The van der Waals surface area contributed by atoms with Crippen LogP contribution in [0.4, 0.5) is 0 Å². The number of esters is 1. The van der Waals surface area contributed by atoms with Gasteiger partial charge in [0.25, 0.3) is 0 Å². The molecule has 1 N–H and O–H groups in total. The van der Waals surface area contributed by atoms with Crippen LogP contribution in [0.2, 0.25) is 0 Å². The molecular weight excluding hydrogens is 246 g/mol. The molecule has 0 saturated carbocycles. The highest BCUT2D eigenvalue weighted by Gasteiger charge is 2.26. The highest BCUT2D eigenvalue weighted by Crippen LogP contribution is 2.13. The second-order valence-electron chi connectivity index (χ2n) is 6.17. The van der Waals surface area contributed by atoms with Crippen molar-refractivity contribution in [1.29, 1.82) is 0 Å². The van der Waals surface area contributed by atoms with E-state index in [0.29, 0.717) is 11.0 Å². The van der Waals surface area contributed by atoms with Gasteiger partial charge < -0.3 is 14.3 Å². The third-order valence-electron chi connectivity index (χ3n) is 2.83. The molecule has 0 radical (unpaired) electrons. The van der Waals surface area contributed by atoms with E-state index < -0.39 is 12.1 Å². The van der Waals surface area contributed by atoms with Crippen LogP contribution in [0.1, 0.15) is 39.5 Å². The summed E-state index contributed by atoms with van der Waals surface area (Å²) in [4.78, 5) is 22.7. The van der Waals surface area contributed by atoms with Crippen molar-refractivity contribution in [2.75, 3.05) is 27.7 Å². The summed E-state index contributed by atoms with van der Waals surface area (Å²) >= 11 is 0. The van der Waals surface area contributed by atoms with Crippen LogP contribution in [-0.4, -0.2) is 55.3 Å². The molecule has 0 spiro atoms. The number of carbonyl (C=O) groups is 2. The predicted octanol–water partition coefficient (Wildman–Crippen LogP) is 1.91. The molecule has 5 nitrogen and oxygen atoms in total. The lowest BCUT2D eigenvalue weighted by Gasteiger charge is -2.29. The maximum absolute atomic E-state index is 11.9. The number of hydrogen-bond acceptors (Lipinski definition) is 3. The summed E-state index contributed by atoms with van der Waals surface area (Å²) in [6.07, 6.45) is 2.11. The van der Waals surface area contributed by atoms with Crippen LogP contribution in [0.15, 0.2) is 0 Å². The van der Waals surface area contributed by atoms with Gasteiger partial charge in [0.15, 0.2) is 6.10 Å². The highest BCUT2D eigenvalue weighted by molar-refractivity contribution is 5.73. The van der Waals surface area contributed by atoms with Gasteiger partial charge >= 0.3 is 11.9 Å². The smallest absolute Gasteiger partial charge is 0.309 e. The lowest BCUT2D eigenvalue weighted by Crippen LogP contribution is -2.44. The number of likely N-dealkylation sites (N-methyl/N-ethyl adjacent to an activating group) is 1. The summed E-state index contributed by atoms with van der Waals surface area (Å²) < 4.78 is 5.92. The molecule has 112 valence electrons. The monoisotopic (exact) mass is 274 g/mol. The molecule has 2 atom stereocenters. The number of carboxylic acids is 1. The van der Waals surface area contributed by atoms with Gasteiger partial charge in [-0.3, -0.25) is 9.59 Å². The molecule has 0 aromatic heterocycles. The summed E-state index contributed by atoms with van der Waals surface area (Å²) in [6, 6.07) is 0. The quantitative estimate of drug-likeness (QED) is 0.515. The molecule has 0 rings (SSSR count). The fraction of sp³-hybridized carbons (Fsp3) is 0.857. The number of carbonyl (C=O) groups excluding carboxylic acids is 1. The van der Waals surface area contributed by atoms with E-state index in [1.54, 1.807) is 0 Å². The first-order chi connectivity index (χ1) is 8.65. The van der Waals surface area contributed by atoms with E-state index in [0.717, 1.165) is 19.3 Å². The number of unbranched alkanes of at least 4 members (excludes halogenated alkanes) is 1. The zero-order chi connectivity index (χ0) is 15.1. The maximum Gasteiger partial charge on any atom is 0.309 e. The second-order valence-corrected chi connectivity index (χ2v) is 6.17. The largest absolute Gasteiger partial charge is 0.481 e. The van der Waals surface area contributed by atoms with Gasteiger partial charge in [0.05, 0.1) is 33.5 Å². The first-order valence-electron chi connectivity index (χ1n) is 6.88. The summed E-state index contributed by atoms with van der Waals surface area (Å²) in [5, 5.41) is 8.88. The van der Waals surface area contributed by atoms with Crippen molar-refractivity contribution in [1.82, 2.24) is 0 Å². The minimum Gasteiger partial charge on any atom is -0.481 e. The van der Waals surface area contributed by atoms with Crippen molar-refractivity contribution in [2.24, 2.45) is 5.92 Å². The number of aliphatic carboxylic acids is 1. The van der Waals surface area contributed by atoms with E-state index in [4.69, 9.17) is 9.84 Å². The zero-order valence-corrected chi connectivity index (χ0v) is 12.8. The van der Waals surface area contributed by atoms with Crippen molar-refractivity contribution in [3.8, 4) is 0 Å². The Bertz CT molecular complexity index is 296. The number of hydrogen-bond donors (Lipinski definition) is 1. The Kier molecular flexibility index (Phi) is 7.68. The maximum atomic E-state index is 11.9. The van der Waals surface area contributed by atoms with Crippen LogP contribution in [0.5, 0.6) is 0 Å². The van der Waals surface area contributed by atoms with Gasteiger partial charge in [-0.1, -0.05) is 26.7 Å². The molecule has 0 heterocycles. The Balaban J connectivity index is 4.45. The fourth-order valence-electron chi connectivity index (χ4n) is 1.86. The van der Waals surface area contributed by atoms with Gasteiger partial charge in [-0.05, 0) is 6.42 Å². The Labute approximate surface area is 116 Å². The van der Waals surface area contributed by atoms with E-state index in [-0.39, 0.29) is 18.3 Å². The Morgan fingerprint density at radius 3 is 2.26 bits per heavy atom. The van der Waals surface area contributed by atoms with Gasteiger partial charge in [0, 0.05) is 0 Å². The standard InChI is InChI=1S/C14H27NO4/c1-6-7-8-11(2)14(18)19-12(9-13(16)17)10-15(3,4)5/h11-12H,6-10H2,1-5H3/p+1. The normalized spacial score (nSPS) is 14.8. The van der Waals surface area contributed by atoms with Gasteiger partial charge in [0.1, 0.15) is 6.54 Å². The van der Waals surface area contributed by atoms with Crippen LogP contribution in [0.25, 0.3) is 0 Å². The highest BCUT2D eigenvalue weighted by atomic mass is 16.5. The third kappa shape index (κ3) is 9.47. The molecule has 0 amide bonds. The van der Waals surface area contributed by atoms with Crippen LogP contribution in [0, 0.1) is 5.92 Å². The third-order valence-corrected chi connectivity index (χ3v) is 2.83. The molecule has 0 bridgehead atoms. The lowest BCUT2D eigenvalue weighted by molar-refractivity contribution is -0.873. The number of ether oxygens (including phenoxy) is 1. The fourth-order valence-corrected chi connectivity index (χ4v) is 1.86. The minimum absolute atomic E-state index is 0.137. The molecule has 0 aromatic rings. The number of rotatable bonds is 9. The van der Waals surface area contributed by atoms with E-state index >= 15 is 0 Å². The molecular formula is C14H28NO4+. The van der Waals surface area contributed by atoms with Crippen molar-refractivity contribution in [2.45, 2.75) is 45.6 Å². The van der Waals surface area contributed by atoms with E-state index in [2.05, 4.69) is 6.92 Å². The zero-order valence-electron chi connectivity index (χ0n) is 12.8. The van der Waals surface area contributed by atoms with Crippen LogP contribution < -0.4 is 0 Å². The van der Waals surface area contributed by atoms with Crippen LogP contribution >= 0.6 is 0 Å². The van der Waals surface area contributed by atoms with E-state index in [1.807, 2.05) is 28.1 Å². The molecule has 0 aliphatic rings. The molecule has 2 unspecified atom stereocenters. The van der Waals surface area contributed by atoms with Crippen molar-refractivity contribution in [3.05, 3.63) is 0 Å². The Hall–Kier alpha value is -1.10.